The van der Waals surface area contributed by atoms with Crippen LogP contribution in [0.3, 0.4) is 0 Å². The first-order valence-corrected chi connectivity index (χ1v) is 7.73. The van der Waals surface area contributed by atoms with Crippen LogP contribution in [0.4, 0.5) is 0 Å². The topological polar surface area (TPSA) is 47.3 Å². The number of hydrogen-bond acceptors (Lipinski definition) is 4. The standard InChI is InChI=1S/C12H24N2OS/c13-14-12(11-9-16-8-7-15-11)10-5-3-1-2-4-6-10/h10-12,14H,1-9,13H2. The molecule has 2 aliphatic rings. The number of hydrazine groups is 1. The third-order valence-corrected chi connectivity index (χ3v) is 4.86. The Balaban J connectivity index is 1.90. The zero-order chi connectivity index (χ0) is 11.2. The first-order chi connectivity index (χ1) is 7.92. The van der Waals surface area contributed by atoms with Crippen LogP contribution in [-0.4, -0.2) is 30.3 Å². The molecule has 3 nitrogen and oxygen atoms in total. The molecule has 2 rings (SSSR count). The molecule has 16 heavy (non-hydrogen) atoms. The molecule has 0 radical (unpaired) electrons. The molecule has 0 bridgehead atoms. The van der Waals surface area contributed by atoms with E-state index in [1.807, 2.05) is 11.8 Å². The molecule has 0 spiro atoms. The van der Waals surface area contributed by atoms with E-state index in [1.54, 1.807) is 0 Å². The monoisotopic (exact) mass is 244 g/mol. The summed E-state index contributed by atoms with van der Waals surface area (Å²) in [5.41, 5.74) is 3.03. The maximum Gasteiger partial charge on any atom is 0.0834 e. The summed E-state index contributed by atoms with van der Waals surface area (Å²) in [5, 5.41) is 0. The molecular formula is C12H24N2OS. The fourth-order valence-electron chi connectivity index (χ4n) is 2.93. The van der Waals surface area contributed by atoms with Crippen LogP contribution >= 0.6 is 11.8 Å². The van der Waals surface area contributed by atoms with Crippen molar-refractivity contribution in [2.24, 2.45) is 11.8 Å². The molecule has 2 unspecified atom stereocenters. The highest BCUT2D eigenvalue weighted by atomic mass is 32.2. The molecule has 0 aromatic carbocycles. The van der Waals surface area contributed by atoms with Gasteiger partial charge in [-0.3, -0.25) is 11.3 Å². The molecule has 3 N–H and O–H groups in total. The van der Waals surface area contributed by atoms with E-state index in [-0.39, 0.29) is 0 Å². The van der Waals surface area contributed by atoms with Crippen molar-refractivity contribution in [2.45, 2.75) is 50.7 Å². The zero-order valence-electron chi connectivity index (χ0n) is 9.99. The molecule has 2 atom stereocenters. The van der Waals surface area contributed by atoms with E-state index in [9.17, 15) is 0 Å². The van der Waals surface area contributed by atoms with Crippen molar-refractivity contribution >= 4 is 11.8 Å². The molecule has 1 saturated heterocycles. The summed E-state index contributed by atoms with van der Waals surface area (Å²) in [5.74, 6) is 8.70. The molecule has 0 amide bonds. The van der Waals surface area contributed by atoms with Crippen molar-refractivity contribution in [3.05, 3.63) is 0 Å². The summed E-state index contributed by atoms with van der Waals surface area (Å²) in [6, 6.07) is 0.367. The van der Waals surface area contributed by atoms with E-state index in [0.717, 1.165) is 24.0 Å². The summed E-state index contributed by atoms with van der Waals surface area (Å²) < 4.78 is 5.86. The van der Waals surface area contributed by atoms with Gasteiger partial charge in [-0.25, -0.2) is 0 Å². The second-order valence-electron chi connectivity index (χ2n) is 4.93. The van der Waals surface area contributed by atoms with Crippen molar-refractivity contribution in [3.8, 4) is 0 Å². The van der Waals surface area contributed by atoms with Crippen LogP contribution in [0.1, 0.15) is 38.5 Å². The zero-order valence-corrected chi connectivity index (χ0v) is 10.8. The smallest absolute Gasteiger partial charge is 0.0834 e. The van der Waals surface area contributed by atoms with Crippen LogP contribution in [-0.2, 0) is 4.74 Å². The summed E-state index contributed by atoms with van der Waals surface area (Å²) >= 11 is 2.00. The van der Waals surface area contributed by atoms with Gasteiger partial charge in [-0.2, -0.15) is 11.8 Å². The van der Waals surface area contributed by atoms with Crippen LogP contribution in [0.15, 0.2) is 0 Å². The van der Waals surface area contributed by atoms with Gasteiger partial charge in [-0.1, -0.05) is 25.7 Å². The Morgan fingerprint density at radius 3 is 2.50 bits per heavy atom. The molecule has 4 heteroatoms. The lowest BCUT2D eigenvalue weighted by Gasteiger charge is -2.34. The van der Waals surface area contributed by atoms with Gasteiger partial charge in [0.05, 0.1) is 18.8 Å². The Hall–Kier alpha value is 0.230. The summed E-state index contributed by atoms with van der Waals surface area (Å²) in [4.78, 5) is 0. The number of ether oxygens (including phenoxy) is 1. The summed E-state index contributed by atoms with van der Waals surface area (Å²) in [6.45, 7) is 0.889. The molecule has 2 fully saturated rings. The van der Waals surface area contributed by atoms with Gasteiger partial charge in [0.2, 0.25) is 0 Å². The normalized spacial score (nSPS) is 30.9. The van der Waals surface area contributed by atoms with Gasteiger partial charge >= 0.3 is 0 Å². The van der Waals surface area contributed by atoms with Crippen molar-refractivity contribution < 1.29 is 4.74 Å². The van der Waals surface area contributed by atoms with E-state index < -0.39 is 0 Å². The Kier molecular flexibility index (Phi) is 5.42. The van der Waals surface area contributed by atoms with E-state index in [2.05, 4.69) is 5.43 Å². The first-order valence-electron chi connectivity index (χ1n) is 6.57. The molecule has 1 aliphatic carbocycles. The van der Waals surface area contributed by atoms with E-state index >= 15 is 0 Å². The van der Waals surface area contributed by atoms with Crippen molar-refractivity contribution in [1.82, 2.24) is 5.43 Å². The van der Waals surface area contributed by atoms with Crippen LogP contribution in [0, 0.1) is 5.92 Å². The van der Waals surface area contributed by atoms with Gasteiger partial charge in [0, 0.05) is 11.5 Å². The lowest BCUT2D eigenvalue weighted by molar-refractivity contribution is 0.0270. The molecule has 1 saturated carbocycles. The number of thioether (sulfide) groups is 1. The van der Waals surface area contributed by atoms with Gasteiger partial charge in [0.15, 0.2) is 0 Å². The SMILES string of the molecule is NNC(C1CCCCCC1)C1CSCCO1. The Morgan fingerprint density at radius 2 is 1.94 bits per heavy atom. The van der Waals surface area contributed by atoms with Gasteiger partial charge < -0.3 is 4.74 Å². The maximum absolute atomic E-state index is 5.86. The number of hydrogen-bond donors (Lipinski definition) is 2. The number of rotatable bonds is 3. The number of nitrogens with two attached hydrogens (primary N) is 1. The van der Waals surface area contributed by atoms with E-state index in [0.29, 0.717) is 12.1 Å². The average Bonchev–Trinajstić information content (AvgIpc) is 2.61. The minimum absolute atomic E-state index is 0.326. The summed E-state index contributed by atoms with van der Waals surface area (Å²) in [6.07, 6.45) is 8.48. The predicted molar refractivity (Wildman–Crippen MR) is 69.4 cm³/mol. The minimum Gasteiger partial charge on any atom is -0.375 e. The van der Waals surface area contributed by atoms with Crippen LogP contribution in [0.5, 0.6) is 0 Å². The molecule has 94 valence electrons. The highest BCUT2D eigenvalue weighted by Gasteiger charge is 2.31. The average molecular weight is 244 g/mol. The Labute approximate surface area is 103 Å². The van der Waals surface area contributed by atoms with Crippen molar-refractivity contribution in [2.75, 3.05) is 18.1 Å². The van der Waals surface area contributed by atoms with Crippen LogP contribution in [0.25, 0.3) is 0 Å². The highest BCUT2D eigenvalue weighted by molar-refractivity contribution is 7.99. The molecule has 0 aromatic heterocycles. The highest BCUT2D eigenvalue weighted by Crippen LogP contribution is 2.29. The fourth-order valence-corrected chi connectivity index (χ4v) is 3.85. The van der Waals surface area contributed by atoms with Crippen LogP contribution in [0.2, 0.25) is 0 Å². The quantitative estimate of drug-likeness (QED) is 0.452. The second-order valence-corrected chi connectivity index (χ2v) is 6.08. The molecule has 1 heterocycles. The lowest BCUT2D eigenvalue weighted by atomic mass is 9.89. The maximum atomic E-state index is 5.86. The van der Waals surface area contributed by atoms with Gasteiger partial charge in [-0.05, 0) is 18.8 Å². The third kappa shape index (κ3) is 3.36. The first kappa shape index (κ1) is 12.7. The van der Waals surface area contributed by atoms with E-state index in [4.69, 9.17) is 10.6 Å². The van der Waals surface area contributed by atoms with E-state index in [1.165, 1.54) is 38.5 Å². The Morgan fingerprint density at radius 1 is 1.19 bits per heavy atom. The predicted octanol–water partition coefficient (Wildman–Crippen LogP) is 1.92. The fraction of sp³-hybridized carbons (Fsp3) is 1.00. The minimum atomic E-state index is 0.326. The van der Waals surface area contributed by atoms with Gasteiger partial charge in [0.25, 0.3) is 0 Å². The van der Waals surface area contributed by atoms with Crippen molar-refractivity contribution in [3.63, 3.8) is 0 Å². The van der Waals surface area contributed by atoms with Crippen molar-refractivity contribution in [1.29, 1.82) is 0 Å². The second kappa shape index (κ2) is 6.84. The largest absolute Gasteiger partial charge is 0.375 e. The lowest BCUT2D eigenvalue weighted by Crippen LogP contribution is -2.52. The van der Waals surface area contributed by atoms with Crippen LogP contribution < -0.4 is 11.3 Å². The third-order valence-electron chi connectivity index (χ3n) is 3.84. The van der Waals surface area contributed by atoms with Gasteiger partial charge in [0.1, 0.15) is 0 Å². The summed E-state index contributed by atoms with van der Waals surface area (Å²) in [7, 11) is 0. The number of nitrogens with one attached hydrogen (secondary N) is 1. The Bertz CT molecular complexity index is 189. The van der Waals surface area contributed by atoms with Gasteiger partial charge in [-0.15, -0.1) is 0 Å². The molecule has 0 aromatic rings. The molecule has 1 aliphatic heterocycles. The molecular weight excluding hydrogens is 220 g/mol.